The first-order valence-corrected chi connectivity index (χ1v) is 12.3. The van der Waals surface area contributed by atoms with Gasteiger partial charge in [-0.3, -0.25) is 9.59 Å². The average molecular weight is 415 g/mol. The van der Waals surface area contributed by atoms with Gasteiger partial charge in [0.2, 0.25) is 11.8 Å². The van der Waals surface area contributed by atoms with Crippen LogP contribution in [-0.2, 0) is 9.59 Å². The third-order valence-electron chi connectivity index (χ3n) is 8.05. The Hall–Kier alpha value is -1.72. The number of carbonyl (C=O) groups is 2. The van der Waals surface area contributed by atoms with Gasteiger partial charge in [0.1, 0.15) is 0 Å². The van der Waals surface area contributed by atoms with Crippen molar-refractivity contribution >= 4 is 24.2 Å². The van der Waals surface area contributed by atoms with Crippen molar-refractivity contribution in [2.24, 2.45) is 45.7 Å². The van der Waals surface area contributed by atoms with E-state index in [1.54, 1.807) is 0 Å². The zero-order valence-corrected chi connectivity index (χ0v) is 18.2. The summed E-state index contributed by atoms with van der Waals surface area (Å²) in [5.74, 6) is 4.56. The summed E-state index contributed by atoms with van der Waals surface area (Å²) in [5, 5.41) is 8.38. The summed E-state index contributed by atoms with van der Waals surface area (Å²) in [4.78, 5) is 23.8. The molecule has 4 saturated carbocycles. The summed E-state index contributed by atoms with van der Waals surface area (Å²) in [6, 6.07) is 0. The van der Waals surface area contributed by atoms with E-state index >= 15 is 0 Å². The first kappa shape index (κ1) is 21.5. The number of carbonyl (C=O) groups excluding carboxylic acids is 2. The number of unbranched alkanes of at least 4 members (excludes halogenated alkanes) is 3. The highest BCUT2D eigenvalue weighted by Gasteiger charge is 2.39. The van der Waals surface area contributed by atoms with E-state index < -0.39 is 0 Å². The minimum atomic E-state index is 0.00195. The standard InChI is InChI=1S/C24H38N4O2/c29-23(27-25-15-21-13-17-7-9-19(21)11-17)5-3-1-2-4-6-24(30)28-26-16-22-14-18-8-10-20(22)12-18/h15-22H,1-14H2,(H,27,29)(H,28,30)/b25-15-,26-16-/t17-,18-,19-,20-,21+,22+/m0/s1. The number of nitrogens with zero attached hydrogens (tertiary/aromatic N) is 2. The minimum Gasteiger partial charge on any atom is -0.273 e. The molecule has 0 aromatic heterocycles. The van der Waals surface area contributed by atoms with Gasteiger partial charge in [-0.15, -0.1) is 0 Å². The van der Waals surface area contributed by atoms with E-state index in [4.69, 9.17) is 0 Å². The molecule has 0 heterocycles. The van der Waals surface area contributed by atoms with Gasteiger partial charge in [0.25, 0.3) is 0 Å². The number of amides is 2. The molecule has 4 rings (SSSR count). The van der Waals surface area contributed by atoms with Gasteiger partial charge in [0.15, 0.2) is 0 Å². The largest absolute Gasteiger partial charge is 0.273 e. The Morgan fingerprint density at radius 3 is 1.50 bits per heavy atom. The van der Waals surface area contributed by atoms with Crippen LogP contribution in [0, 0.1) is 35.5 Å². The predicted molar refractivity (Wildman–Crippen MR) is 119 cm³/mol. The molecule has 0 radical (unpaired) electrons. The number of rotatable bonds is 11. The van der Waals surface area contributed by atoms with E-state index in [-0.39, 0.29) is 11.8 Å². The maximum atomic E-state index is 11.9. The highest BCUT2D eigenvalue weighted by molar-refractivity contribution is 5.77. The van der Waals surface area contributed by atoms with Gasteiger partial charge in [-0.25, -0.2) is 10.9 Å². The fourth-order valence-corrected chi connectivity index (χ4v) is 6.40. The lowest BCUT2D eigenvalue weighted by molar-refractivity contribution is -0.122. The summed E-state index contributed by atoms with van der Waals surface area (Å²) < 4.78 is 0. The highest BCUT2D eigenvalue weighted by Crippen LogP contribution is 2.48. The van der Waals surface area contributed by atoms with Crippen LogP contribution in [0.15, 0.2) is 10.2 Å². The lowest BCUT2D eigenvalue weighted by Crippen LogP contribution is -2.20. The Labute approximate surface area is 180 Å². The molecule has 0 aromatic carbocycles. The molecule has 4 aliphatic carbocycles. The van der Waals surface area contributed by atoms with Gasteiger partial charge in [-0.1, -0.05) is 25.7 Å². The van der Waals surface area contributed by atoms with Crippen molar-refractivity contribution in [2.75, 3.05) is 0 Å². The van der Waals surface area contributed by atoms with Crippen molar-refractivity contribution in [2.45, 2.75) is 89.9 Å². The van der Waals surface area contributed by atoms with Gasteiger partial charge in [0.05, 0.1) is 0 Å². The molecule has 0 saturated heterocycles. The molecular weight excluding hydrogens is 376 g/mol. The summed E-state index contributed by atoms with van der Waals surface area (Å²) in [6.07, 6.45) is 19.2. The second-order valence-corrected chi connectivity index (χ2v) is 10.2. The van der Waals surface area contributed by atoms with Crippen molar-refractivity contribution in [3.63, 3.8) is 0 Å². The predicted octanol–water partition coefficient (Wildman–Crippen LogP) is 4.40. The fraction of sp³-hybridized carbons (Fsp3) is 0.833. The Morgan fingerprint density at radius 2 is 1.13 bits per heavy atom. The number of hydrazone groups is 2. The van der Waals surface area contributed by atoms with E-state index in [0.717, 1.165) is 49.4 Å². The SMILES string of the molecule is O=C(CCCCCCC(=O)N/N=C\[C@H]1C[C@H]2CC[C@H]1C2)N/N=C\[C@H]1C[C@H]2CC[C@H]1C2. The molecule has 4 aliphatic rings. The van der Waals surface area contributed by atoms with Crippen LogP contribution in [0.25, 0.3) is 0 Å². The van der Waals surface area contributed by atoms with Crippen LogP contribution in [0.2, 0.25) is 0 Å². The van der Waals surface area contributed by atoms with Crippen LogP contribution in [0.5, 0.6) is 0 Å². The van der Waals surface area contributed by atoms with Gasteiger partial charge in [0, 0.05) is 25.3 Å². The van der Waals surface area contributed by atoms with Crippen molar-refractivity contribution in [1.29, 1.82) is 0 Å². The molecule has 2 amide bonds. The third-order valence-corrected chi connectivity index (χ3v) is 8.05. The molecule has 6 nitrogen and oxygen atoms in total. The topological polar surface area (TPSA) is 82.9 Å². The summed E-state index contributed by atoms with van der Waals surface area (Å²) >= 11 is 0. The molecule has 4 bridgehead atoms. The number of fused-ring (bicyclic) bond motifs is 4. The van der Waals surface area contributed by atoms with Crippen LogP contribution in [0.4, 0.5) is 0 Å². The number of nitrogens with one attached hydrogen (secondary N) is 2. The monoisotopic (exact) mass is 414 g/mol. The maximum absolute atomic E-state index is 11.9. The van der Waals surface area contributed by atoms with Crippen molar-refractivity contribution in [3.8, 4) is 0 Å². The van der Waals surface area contributed by atoms with Gasteiger partial charge < -0.3 is 0 Å². The van der Waals surface area contributed by atoms with Crippen molar-refractivity contribution in [3.05, 3.63) is 0 Å². The highest BCUT2D eigenvalue weighted by atomic mass is 16.2. The van der Waals surface area contributed by atoms with E-state index in [0.29, 0.717) is 24.7 Å². The molecule has 2 N–H and O–H groups in total. The Kier molecular flexibility index (Phi) is 7.56. The lowest BCUT2D eigenvalue weighted by Gasteiger charge is -2.16. The third kappa shape index (κ3) is 5.92. The number of hydrogen-bond donors (Lipinski definition) is 2. The van der Waals surface area contributed by atoms with Crippen LogP contribution >= 0.6 is 0 Å². The second-order valence-electron chi connectivity index (χ2n) is 10.2. The van der Waals surface area contributed by atoms with Gasteiger partial charge in [-0.05, 0) is 86.9 Å². The fourth-order valence-electron chi connectivity index (χ4n) is 6.40. The molecule has 0 unspecified atom stereocenters. The summed E-state index contributed by atoms with van der Waals surface area (Å²) in [6.45, 7) is 0. The smallest absolute Gasteiger partial charge is 0.240 e. The molecule has 4 fully saturated rings. The van der Waals surface area contributed by atoms with Gasteiger partial charge in [-0.2, -0.15) is 10.2 Å². The quantitative estimate of drug-likeness (QED) is 0.298. The molecule has 166 valence electrons. The van der Waals surface area contributed by atoms with Crippen LogP contribution < -0.4 is 10.9 Å². The summed E-state index contributed by atoms with van der Waals surface area (Å²) in [5.41, 5.74) is 5.37. The molecule has 6 heteroatoms. The van der Waals surface area contributed by atoms with Gasteiger partial charge >= 0.3 is 0 Å². The maximum Gasteiger partial charge on any atom is 0.240 e. The number of hydrogen-bond acceptors (Lipinski definition) is 4. The Balaban J connectivity index is 0.974. The lowest BCUT2D eigenvalue weighted by atomic mass is 9.90. The summed E-state index contributed by atoms with van der Waals surface area (Å²) in [7, 11) is 0. The van der Waals surface area contributed by atoms with E-state index in [9.17, 15) is 9.59 Å². The first-order valence-electron chi connectivity index (χ1n) is 12.3. The second kappa shape index (κ2) is 10.5. The molecular formula is C24H38N4O2. The molecule has 0 aliphatic heterocycles. The Bertz CT molecular complexity index is 606. The van der Waals surface area contributed by atoms with E-state index in [1.165, 1.54) is 51.4 Å². The normalized spacial score (nSPS) is 34.4. The molecule has 6 atom stereocenters. The van der Waals surface area contributed by atoms with Crippen LogP contribution in [-0.4, -0.2) is 24.2 Å². The van der Waals surface area contributed by atoms with E-state index in [1.807, 2.05) is 12.4 Å². The van der Waals surface area contributed by atoms with Crippen LogP contribution in [0.1, 0.15) is 89.9 Å². The molecule has 0 spiro atoms. The first-order chi connectivity index (χ1) is 14.7. The van der Waals surface area contributed by atoms with Crippen LogP contribution in [0.3, 0.4) is 0 Å². The zero-order chi connectivity index (χ0) is 20.8. The molecule has 0 aromatic rings. The minimum absolute atomic E-state index is 0.00195. The van der Waals surface area contributed by atoms with Crippen molar-refractivity contribution < 1.29 is 9.59 Å². The zero-order valence-electron chi connectivity index (χ0n) is 18.2. The Morgan fingerprint density at radius 1 is 0.667 bits per heavy atom. The molecule has 30 heavy (non-hydrogen) atoms. The van der Waals surface area contributed by atoms with E-state index in [2.05, 4.69) is 21.1 Å². The average Bonchev–Trinajstić information content (AvgIpc) is 3.52. The van der Waals surface area contributed by atoms with Crippen molar-refractivity contribution in [1.82, 2.24) is 10.9 Å².